The number of anilines is 3. The van der Waals surface area contributed by atoms with Crippen molar-refractivity contribution in [2.75, 3.05) is 4.90 Å². The minimum Gasteiger partial charge on any atom is -0.455 e. The highest BCUT2D eigenvalue weighted by molar-refractivity contribution is 6.22. The van der Waals surface area contributed by atoms with E-state index >= 15 is 0 Å². The molecule has 65 heavy (non-hydrogen) atoms. The third-order valence-electron chi connectivity index (χ3n) is 13.7. The second-order valence-electron chi connectivity index (χ2n) is 17.1. The topological polar surface area (TPSA) is 16.4 Å². The maximum Gasteiger partial charge on any atom is 0.143 e. The van der Waals surface area contributed by atoms with Crippen molar-refractivity contribution in [2.24, 2.45) is 0 Å². The van der Waals surface area contributed by atoms with Crippen molar-refractivity contribution in [3.63, 3.8) is 0 Å². The lowest BCUT2D eigenvalue weighted by Gasteiger charge is -2.35. The Morgan fingerprint density at radius 2 is 0.846 bits per heavy atom. The van der Waals surface area contributed by atoms with E-state index < -0.39 is 5.41 Å². The lowest BCUT2D eigenvalue weighted by Crippen LogP contribution is -2.28. The lowest BCUT2D eigenvalue weighted by atomic mass is 9.67. The van der Waals surface area contributed by atoms with Gasteiger partial charge in [0, 0.05) is 38.7 Å². The number of para-hydroxylation sites is 2. The van der Waals surface area contributed by atoms with Gasteiger partial charge < -0.3 is 9.32 Å². The van der Waals surface area contributed by atoms with Crippen LogP contribution >= 0.6 is 0 Å². The number of nitrogens with zero attached hydrogens (tertiary/aromatic N) is 1. The molecule has 2 heteroatoms. The van der Waals surface area contributed by atoms with Crippen LogP contribution in [0.5, 0.6) is 0 Å². The summed E-state index contributed by atoms with van der Waals surface area (Å²) in [4.78, 5) is 2.52. The summed E-state index contributed by atoms with van der Waals surface area (Å²) in [5.41, 5.74) is 16.6. The lowest BCUT2D eigenvalue weighted by molar-refractivity contribution is 0.670. The van der Waals surface area contributed by atoms with Crippen LogP contribution in [0.1, 0.15) is 22.3 Å². The van der Waals surface area contributed by atoms with E-state index in [0.717, 1.165) is 50.1 Å². The Morgan fingerprint density at radius 3 is 1.57 bits per heavy atom. The first-order chi connectivity index (χ1) is 32.3. The number of benzene rings is 11. The van der Waals surface area contributed by atoms with Crippen LogP contribution in [0.3, 0.4) is 0 Å². The highest BCUT2D eigenvalue weighted by Gasteiger charge is 2.46. The molecule has 11 aromatic carbocycles. The molecule has 0 N–H and O–H groups in total. The van der Waals surface area contributed by atoms with Gasteiger partial charge in [-0.3, -0.25) is 0 Å². The van der Waals surface area contributed by atoms with E-state index in [0.29, 0.717) is 0 Å². The third-order valence-corrected chi connectivity index (χ3v) is 13.7. The Morgan fingerprint density at radius 1 is 0.323 bits per heavy atom. The summed E-state index contributed by atoms with van der Waals surface area (Å²) >= 11 is 0. The zero-order valence-corrected chi connectivity index (χ0v) is 35.5. The van der Waals surface area contributed by atoms with Gasteiger partial charge in [-0.05, 0) is 91.0 Å². The fourth-order valence-corrected chi connectivity index (χ4v) is 11.0. The molecular formula is C63H41NO. The molecule has 0 spiro atoms. The molecule has 0 saturated heterocycles. The monoisotopic (exact) mass is 827 g/mol. The molecule has 0 fully saturated rings. The van der Waals surface area contributed by atoms with Crippen LogP contribution in [0.15, 0.2) is 253 Å². The molecule has 1 aliphatic carbocycles. The molecule has 304 valence electrons. The second-order valence-corrected chi connectivity index (χ2v) is 17.1. The van der Waals surface area contributed by atoms with Crippen molar-refractivity contribution in [1.82, 2.24) is 0 Å². The molecule has 1 heterocycles. The first kappa shape index (κ1) is 37.1. The number of rotatable bonds is 7. The van der Waals surface area contributed by atoms with E-state index in [-0.39, 0.29) is 0 Å². The molecule has 0 aliphatic heterocycles. The van der Waals surface area contributed by atoms with E-state index in [1.165, 1.54) is 66.1 Å². The molecule has 12 aromatic rings. The molecular weight excluding hydrogens is 787 g/mol. The van der Waals surface area contributed by atoms with Crippen LogP contribution in [0, 0.1) is 0 Å². The van der Waals surface area contributed by atoms with E-state index in [1.54, 1.807) is 0 Å². The molecule has 0 bridgehead atoms. The van der Waals surface area contributed by atoms with Crippen molar-refractivity contribution in [1.29, 1.82) is 0 Å². The molecule has 1 aromatic heterocycles. The van der Waals surface area contributed by atoms with E-state index in [4.69, 9.17) is 4.42 Å². The third kappa shape index (κ3) is 5.60. The predicted octanol–water partition coefficient (Wildman–Crippen LogP) is 17.1. The first-order valence-electron chi connectivity index (χ1n) is 22.4. The minimum absolute atomic E-state index is 0.557. The molecule has 0 amide bonds. The van der Waals surface area contributed by atoms with Gasteiger partial charge in [0.25, 0.3) is 0 Å². The molecule has 0 unspecified atom stereocenters. The largest absolute Gasteiger partial charge is 0.455 e. The quantitative estimate of drug-likeness (QED) is 0.149. The van der Waals surface area contributed by atoms with Gasteiger partial charge in [-0.25, -0.2) is 0 Å². The molecule has 13 rings (SSSR count). The van der Waals surface area contributed by atoms with Crippen molar-refractivity contribution >= 4 is 60.5 Å². The minimum atomic E-state index is -0.557. The Bertz CT molecular complexity index is 3720. The average Bonchev–Trinajstić information content (AvgIpc) is 3.91. The van der Waals surface area contributed by atoms with E-state index in [9.17, 15) is 0 Å². The smallest absolute Gasteiger partial charge is 0.143 e. The Balaban J connectivity index is 1.12. The van der Waals surface area contributed by atoms with Crippen molar-refractivity contribution in [3.8, 4) is 33.4 Å². The van der Waals surface area contributed by atoms with Crippen molar-refractivity contribution in [2.45, 2.75) is 5.41 Å². The number of hydrogen-bond acceptors (Lipinski definition) is 2. The SMILES string of the molecule is c1ccc(-c2c(N(c3ccc(-c4cccc5c4oc4ccccc45)cc3)c3ccc4c(c3)C(c3ccccc3)(c3ccccc3)c3ccccc3-4)c3ccccc3c3ccccc23)cc1. The number of furan rings is 1. The fourth-order valence-electron chi connectivity index (χ4n) is 11.0. The zero-order valence-electron chi connectivity index (χ0n) is 35.5. The van der Waals surface area contributed by atoms with Crippen LogP contribution in [0.2, 0.25) is 0 Å². The summed E-state index contributed by atoms with van der Waals surface area (Å²) < 4.78 is 6.56. The van der Waals surface area contributed by atoms with E-state index in [2.05, 4.69) is 248 Å². The summed E-state index contributed by atoms with van der Waals surface area (Å²) in [7, 11) is 0. The predicted molar refractivity (Wildman–Crippen MR) is 272 cm³/mol. The fraction of sp³-hybridized carbons (Fsp3) is 0.0159. The average molecular weight is 828 g/mol. The van der Waals surface area contributed by atoms with Gasteiger partial charge in [-0.1, -0.05) is 218 Å². The number of hydrogen-bond donors (Lipinski definition) is 0. The zero-order chi connectivity index (χ0) is 42.9. The van der Waals surface area contributed by atoms with Crippen molar-refractivity contribution < 1.29 is 4.42 Å². The van der Waals surface area contributed by atoms with Gasteiger partial charge in [-0.2, -0.15) is 0 Å². The normalized spacial score (nSPS) is 12.7. The van der Waals surface area contributed by atoms with Crippen LogP contribution in [0.4, 0.5) is 17.1 Å². The van der Waals surface area contributed by atoms with Crippen molar-refractivity contribution in [3.05, 3.63) is 271 Å². The first-order valence-corrected chi connectivity index (χ1v) is 22.4. The summed E-state index contributed by atoms with van der Waals surface area (Å²) in [6.45, 7) is 0. The molecule has 2 nitrogen and oxygen atoms in total. The van der Waals surface area contributed by atoms with Gasteiger partial charge in [0.05, 0.1) is 11.1 Å². The molecule has 0 atom stereocenters. The van der Waals surface area contributed by atoms with Gasteiger partial charge in [0.1, 0.15) is 11.2 Å². The van der Waals surface area contributed by atoms with Gasteiger partial charge in [0.15, 0.2) is 0 Å². The second kappa shape index (κ2) is 14.8. The molecule has 0 radical (unpaired) electrons. The Kier molecular flexibility index (Phi) is 8.47. The van der Waals surface area contributed by atoms with Crippen LogP contribution in [-0.2, 0) is 5.41 Å². The maximum atomic E-state index is 6.56. The summed E-state index contributed by atoms with van der Waals surface area (Å²) in [5.74, 6) is 0. The highest BCUT2D eigenvalue weighted by Crippen LogP contribution is 2.58. The molecule has 1 aliphatic rings. The summed E-state index contributed by atoms with van der Waals surface area (Å²) in [6.07, 6.45) is 0. The van der Waals surface area contributed by atoms with Gasteiger partial charge in [-0.15, -0.1) is 0 Å². The summed E-state index contributed by atoms with van der Waals surface area (Å²) in [5, 5.41) is 7.09. The van der Waals surface area contributed by atoms with Gasteiger partial charge >= 0.3 is 0 Å². The highest BCUT2D eigenvalue weighted by atomic mass is 16.3. The Labute approximate surface area is 377 Å². The van der Waals surface area contributed by atoms with Crippen LogP contribution in [0.25, 0.3) is 76.9 Å². The number of fused-ring (bicyclic) bond motifs is 9. The molecule has 0 saturated carbocycles. The van der Waals surface area contributed by atoms with Crippen LogP contribution in [-0.4, -0.2) is 0 Å². The van der Waals surface area contributed by atoms with Gasteiger partial charge in [0.2, 0.25) is 0 Å². The Hall–Kier alpha value is -8.46. The van der Waals surface area contributed by atoms with E-state index in [1.807, 2.05) is 6.07 Å². The summed E-state index contributed by atoms with van der Waals surface area (Å²) in [6, 6.07) is 91.0. The maximum absolute atomic E-state index is 6.56. The standard InChI is InChI=1S/C63H41NO/c1-4-19-43(20-5-1)60-54-29-12-10-25-49(54)50-26-11-13-30-55(50)61(60)64(46-37-35-42(36-38-46)48-31-18-32-56-53-28-15-17-34-59(53)65-62(48)56)47-39-40-52-51-27-14-16-33-57(51)63(58(52)41-47,44-21-6-2-7-22-44)45-23-8-3-9-24-45/h1-41H. The van der Waals surface area contributed by atoms with Crippen LogP contribution < -0.4 is 4.90 Å².